The molecule has 17 heavy (non-hydrogen) atoms. The van der Waals surface area contributed by atoms with Crippen LogP contribution in [0.4, 0.5) is 0 Å². The van der Waals surface area contributed by atoms with Gasteiger partial charge in [0.15, 0.2) is 0 Å². The highest BCUT2D eigenvalue weighted by Gasteiger charge is 2.51. The van der Waals surface area contributed by atoms with E-state index in [-0.39, 0.29) is 0 Å². The maximum atomic E-state index is 10.8. The molecule has 0 saturated carbocycles. The highest BCUT2D eigenvalue weighted by molar-refractivity contribution is 5.75. The van der Waals surface area contributed by atoms with E-state index in [0.29, 0.717) is 0 Å². The lowest BCUT2D eigenvalue weighted by Crippen LogP contribution is -2.66. The summed E-state index contributed by atoms with van der Waals surface area (Å²) < 4.78 is 4.93. The maximum absolute atomic E-state index is 10.8. The summed E-state index contributed by atoms with van der Waals surface area (Å²) in [5.74, 6) is -4.17. The van der Waals surface area contributed by atoms with Gasteiger partial charge in [0.25, 0.3) is 5.79 Å². The molecule has 0 aromatic rings. The van der Waals surface area contributed by atoms with Crippen LogP contribution in [0.1, 0.15) is 13.3 Å². The summed E-state index contributed by atoms with van der Waals surface area (Å²) in [5, 5.41) is 37.4. The van der Waals surface area contributed by atoms with Crippen molar-refractivity contribution >= 4 is 5.97 Å². The van der Waals surface area contributed by atoms with Crippen LogP contribution in [0.15, 0.2) is 0 Å². The second kappa shape index (κ2) is 4.84. The van der Waals surface area contributed by atoms with Gasteiger partial charge in [-0.2, -0.15) is 0 Å². The van der Waals surface area contributed by atoms with Crippen molar-refractivity contribution in [2.75, 3.05) is 0 Å². The maximum Gasteiger partial charge on any atom is 0.364 e. The predicted octanol–water partition coefficient (Wildman–Crippen LogP) is -3.06. The first-order valence-electron chi connectivity index (χ1n) is 5.20. The van der Waals surface area contributed by atoms with Crippen molar-refractivity contribution in [1.29, 1.82) is 0 Å². The Balaban J connectivity index is 2.93. The molecule has 0 radical (unpaired) electrons. The molecule has 6 atom stereocenters. The molecule has 1 heterocycles. The fraction of sp³-hybridized carbons (Fsp3) is 0.889. The third-order valence-corrected chi connectivity index (χ3v) is 2.91. The van der Waals surface area contributed by atoms with Gasteiger partial charge >= 0.3 is 5.97 Å². The van der Waals surface area contributed by atoms with E-state index in [9.17, 15) is 20.1 Å². The number of aliphatic hydroxyl groups is 3. The Morgan fingerprint density at radius 1 is 1.59 bits per heavy atom. The Morgan fingerprint density at radius 3 is 2.53 bits per heavy atom. The average Bonchev–Trinajstić information content (AvgIpc) is 2.22. The quantitative estimate of drug-likeness (QED) is 0.308. The summed E-state index contributed by atoms with van der Waals surface area (Å²) in [7, 11) is 0. The Morgan fingerprint density at radius 2 is 2.12 bits per heavy atom. The average molecular weight is 250 g/mol. The standard InChI is InChI=1S/C9H18N2O6/c1-3(12)5(10)7-6(11)4(13)2-9(16,17-7)8(14)15/h3-7,12-13,16H,2,10-11H2,1H3,(H,14,15)/t3-,4+,5+,6-,7+,9+/m1/s1. The number of carbonyl (C=O) groups is 1. The third-order valence-electron chi connectivity index (χ3n) is 2.91. The smallest absolute Gasteiger partial charge is 0.364 e. The zero-order chi connectivity index (χ0) is 13.4. The first-order chi connectivity index (χ1) is 7.69. The zero-order valence-corrected chi connectivity index (χ0v) is 9.35. The van der Waals surface area contributed by atoms with Crippen molar-refractivity contribution in [2.24, 2.45) is 11.5 Å². The minimum atomic E-state index is -2.54. The molecule has 0 aromatic heterocycles. The fourth-order valence-corrected chi connectivity index (χ4v) is 1.74. The van der Waals surface area contributed by atoms with Crippen LogP contribution in [-0.4, -0.2) is 62.6 Å². The number of nitrogens with two attached hydrogens (primary N) is 2. The Kier molecular flexibility index (Phi) is 4.07. The molecule has 1 aliphatic rings. The number of carboxylic acid groups (broad SMARTS) is 1. The van der Waals surface area contributed by atoms with Crippen molar-refractivity contribution in [3.05, 3.63) is 0 Å². The summed E-state index contributed by atoms with van der Waals surface area (Å²) in [6.07, 6.45) is -4.00. The largest absolute Gasteiger partial charge is 0.477 e. The number of rotatable bonds is 3. The van der Waals surface area contributed by atoms with E-state index in [1.165, 1.54) is 6.92 Å². The van der Waals surface area contributed by atoms with E-state index in [2.05, 4.69) is 0 Å². The van der Waals surface area contributed by atoms with Gasteiger partial charge in [0.2, 0.25) is 0 Å². The number of hydrogen-bond donors (Lipinski definition) is 6. The van der Waals surface area contributed by atoms with Crippen LogP contribution in [0.2, 0.25) is 0 Å². The van der Waals surface area contributed by atoms with Gasteiger partial charge in [-0.1, -0.05) is 0 Å². The number of hydrogen-bond acceptors (Lipinski definition) is 7. The van der Waals surface area contributed by atoms with Gasteiger partial charge in [-0.15, -0.1) is 0 Å². The van der Waals surface area contributed by atoms with Gasteiger partial charge in [-0.3, -0.25) is 0 Å². The molecule has 0 spiro atoms. The number of aliphatic hydroxyl groups excluding tert-OH is 2. The Bertz CT molecular complexity index is 295. The zero-order valence-electron chi connectivity index (χ0n) is 9.35. The summed E-state index contributed by atoms with van der Waals surface area (Å²) in [6, 6.07) is -1.98. The summed E-state index contributed by atoms with van der Waals surface area (Å²) in [4.78, 5) is 10.8. The van der Waals surface area contributed by atoms with E-state index >= 15 is 0 Å². The topological polar surface area (TPSA) is 159 Å². The second-order valence-corrected chi connectivity index (χ2v) is 4.34. The first-order valence-corrected chi connectivity index (χ1v) is 5.20. The Labute approximate surface area is 97.8 Å². The van der Waals surface area contributed by atoms with Crippen molar-refractivity contribution in [1.82, 2.24) is 0 Å². The molecule has 1 aliphatic heterocycles. The van der Waals surface area contributed by atoms with E-state index in [1.54, 1.807) is 0 Å². The number of ether oxygens (including phenoxy) is 1. The van der Waals surface area contributed by atoms with Crippen LogP contribution in [0.3, 0.4) is 0 Å². The van der Waals surface area contributed by atoms with E-state index in [0.717, 1.165) is 0 Å². The minimum absolute atomic E-state index is 0.549. The fourth-order valence-electron chi connectivity index (χ4n) is 1.74. The van der Waals surface area contributed by atoms with Gasteiger partial charge in [0.1, 0.15) is 0 Å². The number of carboxylic acids is 1. The molecule has 100 valence electrons. The van der Waals surface area contributed by atoms with Crippen molar-refractivity contribution < 1.29 is 30.0 Å². The molecule has 1 rings (SSSR count). The highest BCUT2D eigenvalue weighted by Crippen LogP contribution is 2.28. The molecule has 8 nitrogen and oxygen atoms in total. The highest BCUT2D eigenvalue weighted by atomic mass is 16.7. The summed E-state index contributed by atoms with van der Waals surface area (Å²) >= 11 is 0. The minimum Gasteiger partial charge on any atom is -0.477 e. The van der Waals surface area contributed by atoms with Gasteiger partial charge in [0, 0.05) is 6.42 Å². The monoisotopic (exact) mass is 250 g/mol. The molecule has 8 heteroatoms. The lowest BCUT2D eigenvalue weighted by Gasteiger charge is -2.43. The molecule has 0 bridgehead atoms. The van der Waals surface area contributed by atoms with Crippen LogP contribution in [-0.2, 0) is 9.53 Å². The first kappa shape index (κ1) is 14.3. The van der Waals surface area contributed by atoms with Crippen molar-refractivity contribution in [3.8, 4) is 0 Å². The molecular formula is C9H18N2O6. The Hall–Kier alpha value is -0.770. The third kappa shape index (κ3) is 2.73. The van der Waals surface area contributed by atoms with E-state index < -0.39 is 48.6 Å². The molecule has 0 unspecified atom stereocenters. The van der Waals surface area contributed by atoms with Gasteiger partial charge in [-0.25, -0.2) is 4.79 Å². The van der Waals surface area contributed by atoms with Crippen LogP contribution >= 0.6 is 0 Å². The van der Waals surface area contributed by atoms with Gasteiger partial charge < -0.3 is 36.6 Å². The predicted molar refractivity (Wildman–Crippen MR) is 55.7 cm³/mol. The van der Waals surface area contributed by atoms with Crippen molar-refractivity contribution in [2.45, 2.75) is 49.5 Å². The van der Waals surface area contributed by atoms with E-state index in [4.69, 9.17) is 21.3 Å². The molecule has 1 fully saturated rings. The lowest BCUT2D eigenvalue weighted by atomic mass is 9.89. The van der Waals surface area contributed by atoms with Gasteiger partial charge in [0.05, 0.1) is 30.4 Å². The molecular weight excluding hydrogens is 232 g/mol. The molecule has 0 aromatic carbocycles. The summed E-state index contributed by atoms with van der Waals surface area (Å²) in [5.41, 5.74) is 11.2. The number of aliphatic carboxylic acids is 1. The van der Waals surface area contributed by atoms with Crippen LogP contribution in [0, 0.1) is 0 Å². The van der Waals surface area contributed by atoms with Gasteiger partial charge in [-0.05, 0) is 6.92 Å². The molecule has 0 amide bonds. The molecule has 1 saturated heterocycles. The molecule has 8 N–H and O–H groups in total. The second-order valence-electron chi connectivity index (χ2n) is 4.34. The van der Waals surface area contributed by atoms with E-state index in [1.807, 2.05) is 0 Å². The SMILES string of the molecule is C[C@@H](O)[C@H](N)[C@@H]1O[C@](O)(C(=O)O)C[C@H](O)[C@H]1N. The van der Waals surface area contributed by atoms with Crippen LogP contribution in [0.5, 0.6) is 0 Å². The normalized spacial score (nSPS) is 41.9. The lowest BCUT2D eigenvalue weighted by molar-refractivity contribution is -0.279. The van der Waals surface area contributed by atoms with Crippen LogP contribution < -0.4 is 11.5 Å². The summed E-state index contributed by atoms with van der Waals surface area (Å²) in [6.45, 7) is 1.38. The molecule has 0 aliphatic carbocycles. The van der Waals surface area contributed by atoms with Crippen molar-refractivity contribution in [3.63, 3.8) is 0 Å². The van der Waals surface area contributed by atoms with Crippen LogP contribution in [0.25, 0.3) is 0 Å².